The van der Waals surface area contributed by atoms with Gasteiger partial charge in [-0.15, -0.1) is 0 Å². The Balaban J connectivity index is 1.68. The molecule has 4 saturated carbocycles. The highest BCUT2D eigenvalue weighted by atomic mass is 16.7. The van der Waals surface area contributed by atoms with Crippen LogP contribution in [0.1, 0.15) is 19.3 Å². The first-order valence-electron chi connectivity index (χ1n) is 6.61. The molecule has 0 aromatic heterocycles. The number of carbonyl (C=O) groups excluding carboxylic acids is 1. The predicted octanol–water partition coefficient (Wildman–Crippen LogP) is 1.22. The summed E-state index contributed by atoms with van der Waals surface area (Å²) in [6.07, 6.45) is 3.22. The van der Waals surface area contributed by atoms with Gasteiger partial charge in [0.25, 0.3) is 0 Å². The Morgan fingerprint density at radius 2 is 1.88 bits per heavy atom. The molecule has 86 valence electrons. The number of hydrogen-bond donors (Lipinski definition) is 0. The molecule has 5 rings (SSSR count). The largest absolute Gasteiger partial charge is 0.347 e. The van der Waals surface area contributed by atoms with Gasteiger partial charge >= 0.3 is 0 Å². The van der Waals surface area contributed by atoms with Crippen molar-refractivity contribution in [3.63, 3.8) is 0 Å². The Morgan fingerprint density at radius 3 is 2.69 bits per heavy atom. The SMILES string of the molecule is O=C1C[C@@H]2[C@H]3CC4(OCCO4)[C@@H]4[C@H]3C[C@@H]2[C@H]14. The Morgan fingerprint density at radius 1 is 1.06 bits per heavy atom. The first kappa shape index (κ1) is 8.65. The van der Waals surface area contributed by atoms with Gasteiger partial charge in [-0.05, 0) is 30.1 Å². The molecule has 0 N–H and O–H groups in total. The summed E-state index contributed by atoms with van der Waals surface area (Å²) < 4.78 is 11.9. The zero-order chi connectivity index (χ0) is 10.5. The van der Waals surface area contributed by atoms with Gasteiger partial charge in [-0.3, -0.25) is 4.79 Å². The maximum absolute atomic E-state index is 12.1. The van der Waals surface area contributed by atoms with Crippen LogP contribution in [0, 0.1) is 35.5 Å². The molecule has 16 heavy (non-hydrogen) atoms. The Kier molecular flexibility index (Phi) is 1.29. The van der Waals surface area contributed by atoms with Crippen molar-refractivity contribution in [1.29, 1.82) is 0 Å². The van der Waals surface area contributed by atoms with Crippen molar-refractivity contribution in [2.75, 3.05) is 13.2 Å². The van der Waals surface area contributed by atoms with E-state index in [0.29, 0.717) is 29.5 Å². The molecular weight excluding hydrogens is 204 g/mol. The summed E-state index contributed by atoms with van der Waals surface area (Å²) in [6.45, 7) is 1.46. The number of Topliss-reactive ketones (excluding diaryl/α,β-unsaturated/α-hetero) is 1. The van der Waals surface area contributed by atoms with E-state index in [-0.39, 0.29) is 5.79 Å². The van der Waals surface area contributed by atoms with Crippen molar-refractivity contribution in [2.45, 2.75) is 25.0 Å². The highest BCUT2D eigenvalue weighted by Gasteiger charge is 2.75. The third kappa shape index (κ3) is 0.697. The third-order valence-corrected chi connectivity index (χ3v) is 6.12. The lowest BCUT2D eigenvalue weighted by Gasteiger charge is -2.32. The molecule has 0 amide bonds. The van der Waals surface area contributed by atoms with Gasteiger partial charge < -0.3 is 9.47 Å². The van der Waals surface area contributed by atoms with E-state index in [1.54, 1.807) is 0 Å². The van der Waals surface area contributed by atoms with E-state index in [0.717, 1.165) is 37.9 Å². The normalized spacial score (nSPS) is 59.4. The van der Waals surface area contributed by atoms with E-state index in [2.05, 4.69) is 0 Å². The average Bonchev–Trinajstić information content (AvgIpc) is 2.94. The van der Waals surface area contributed by atoms with E-state index < -0.39 is 0 Å². The number of ketones is 1. The summed E-state index contributed by atoms with van der Waals surface area (Å²) in [5, 5.41) is 0. The molecule has 3 nitrogen and oxygen atoms in total. The lowest BCUT2D eigenvalue weighted by Crippen LogP contribution is -2.40. The van der Waals surface area contributed by atoms with Crippen LogP contribution in [0.25, 0.3) is 0 Å². The first-order valence-corrected chi connectivity index (χ1v) is 6.61. The van der Waals surface area contributed by atoms with Gasteiger partial charge in [0.15, 0.2) is 5.79 Å². The molecule has 3 heteroatoms. The van der Waals surface area contributed by atoms with Crippen LogP contribution in [-0.4, -0.2) is 24.8 Å². The quantitative estimate of drug-likeness (QED) is 0.615. The van der Waals surface area contributed by atoms with Crippen molar-refractivity contribution >= 4 is 5.78 Å². The van der Waals surface area contributed by atoms with Gasteiger partial charge in [-0.25, -0.2) is 0 Å². The number of carbonyl (C=O) groups is 1. The number of hydrogen-bond acceptors (Lipinski definition) is 3. The average molecular weight is 220 g/mol. The molecule has 0 unspecified atom stereocenters. The number of ether oxygens (including phenoxy) is 2. The van der Waals surface area contributed by atoms with Crippen molar-refractivity contribution < 1.29 is 14.3 Å². The summed E-state index contributed by atoms with van der Waals surface area (Å²) in [7, 11) is 0. The van der Waals surface area contributed by atoms with Crippen LogP contribution in [0.15, 0.2) is 0 Å². The highest BCUT2D eigenvalue weighted by Crippen LogP contribution is 2.73. The van der Waals surface area contributed by atoms with Crippen molar-refractivity contribution in [1.82, 2.24) is 0 Å². The molecule has 0 aromatic carbocycles. The lowest BCUT2D eigenvalue weighted by molar-refractivity contribution is -0.193. The van der Waals surface area contributed by atoms with Crippen LogP contribution >= 0.6 is 0 Å². The topological polar surface area (TPSA) is 35.5 Å². The summed E-state index contributed by atoms with van der Waals surface area (Å²) in [5.41, 5.74) is 0. The van der Waals surface area contributed by atoms with Crippen molar-refractivity contribution in [3.8, 4) is 0 Å². The Hall–Kier alpha value is -0.410. The van der Waals surface area contributed by atoms with Gasteiger partial charge in [0.1, 0.15) is 5.78 Å². The summed E-state index contributed by atoms with van der Waals surface area (Å²) >= 11 is 0. The maximum Gasteiger partial charge on any atom is 0.172 e. The Labute approximate surface area is 94.5 Å². The van der Waals surface area contributed by atoms with Gasteiger partial charge in [-0.1, -0.05) is 0 Å². The van der Waals surface area contributed by atoms with E-state index in [4.69, 9.17) is 9.47 Å². The van der Waals surface area contributed by atoms with E-state index in [9.17, 15) is 4.79 Å². The van der Waals surface area contributed by atoms with Crippen molar-refractivity contribution in [2.24, 2.45) is 35.5 Å². The van der Waals surface area contributed by atoms with E-state index >= 15 is 0 Å². The molecule has 1 aliphatic heterocycles. The van der Waals surface area contributed by atoms with Crippen LogP contribution < -0.4 is 0 Å². The monoisotopic (exact) mass is 220 g/mol. The molecule has 0 radical (unpaired) electrons. The zero-order valence-corrected chi connectivity index (χ0v) is 9.22. The second-order valence-corrected chi connectivity index (χ2v) is 6.33. The highest BCUT2D eigenvalue weighted by molar-refractivity contribution is 5.86. The molecule has 5 fully saturated rings. The fourth-order valence-electron chi connectivity index (χ4n) is 5.92. The number of fused-ring (bicyclic) bond motifs is 3. The molecule has 1 spiro atoms. The second-order valence-electron chi connectivity index (χ2n) is 6.33. The molecular formula is C13H16O3. The van der Waals surface area contributed by atoms with Gasteiger partial charge in [0, 0.05) is 24.7 Å². The Bertz CT molecular complexity index is 385. The standard InChI is InChI=1S/C13H16O3/c14-10-4-6-7-3-8-9(6)5-13(12(8)11(7)10)15-1-2-16-13/h6-9,11-12H,1-5H2/t6-,7-,8-,9+,11+,12+/m0/s1. The minimum Gasteiger partial charge on any atom is -0.347 e. The van der Waals surface area contributed by atoms with Gasteiger partial charge in [0.05, 0.1) is 13.2 Å². The number of rotatable bonds is 0. The van der Waals surface area contributed by atoms with Crippen LogP contribution in [0.4, 0.5) is 0 Å². The van der Waals surface area contributed by atoms with E-state index in [1.165, 1.54) is 6.42 Å². The fourth-order valence-corrected chi connectivity index (χ4v) is 5.92. The van der Waals surface area contributed by atoms with Gasteiger partial charge in [-0.2, -0.15) is 0 Å². The van der Waals surface area contributed by atoms with E-state index in [1.807, 2.05) is 0 Å². The molecule has 4 aliphatic carbocycles. The summed E-state index contributed by atoms with van der Waals surface area (Å²) in [5.74, 6) is 3.75. The zero-order valence-electron chi connectivity index (χ0n) is 9.22. The minimum atomic E-state index is -0.334. The van der Waals surface area contributed by atoms with Crippen LogP contribution in [0.2, 0.25) is 0 Å². The maximum atomic E-state index is 12.1. The minimum absolute atomic E-state index is 0.298. The summed E-state index contributed by atoms with van der Waals surface area (Å²) in [6, 6.07) is 0. The molecule has 2 bridgehead atoms. The van der Waals surface area contributed by atoms with Crippen LogP contribution in [0.5, 0.6) is 0 Å². The third-order valence-electron chi connectivity index (χ3n) is 6.12. The van der Waals surface area contributed by atoms with Crippen molar-refractivity contribution in [3.05, 3.63) is 0 Å². The van der Waals surface area contributed by atoms with Crippen LogP contribution in [-0.2, 0) is 14.3 Å². The predicted molar refractivity (Wildman–Crippen MR) is 54.4 cm³/mol. The smallest absolute Gasteiger partial charge is 0.172 e. The second kappa shape index (κ2) is 2.39. The molecule has 6 atom stereocenters. The molecule has 1 saturated heterocycles. The first-order chi connectivity index (χ1) is 7.80. The molecule has 0 aromatic rings. The molecule has 1 heterocycles. The van der Waals surface area contributed by atoms with Crippen LogP contribution in [0.3, 0.4) is 0 Å². The molecule has 5 aliphatic rings. The van der Waals surface area contributed by atoms with Gasteiger partial charge in [0.2, 0.25) is 0 Å². The lowest BCUT2D eigenvalue weighted by atomic mass is 9.79. The fraction of sp³-hybridized carbons (Fsp3) is 0.923. The summed E-state index contributed by atoms with van der Waals surface area (Å²) in [4.78, 5) is 12.1.